The van der Waals surface area contributed by atoms with Gasteiger partial charge in [-0.15, -0.1) is 0 Å². The summed E-state index contributed by atoms with van der Waals surface area (Å²) in [4.78, 5) is 13.4. The first-order chi connectivity index (χ1) is 13.2. The second-order valence-electron chi connectivity index (χ2n) is 6.52. The molecule has 0 saturated carbocycles. The van der Waals surface area contributed by atoms with Crippen LogP contribution in [0.2, 0.25) is 0 Å². The molecule has 8 heteroatoms. The van der Waals surface area contributed by atoms with Gasteiger partial charge < -0.3 is 15.1 Å². The van der Waals surface area contributed by atoms with Crippen LogP contribution in [0.5, 0.6) is 0 Å². The predicted molar refractivity (Wildman–Crippen MR) is 102 cm³/mol. The van der Waals surface area contributed by atoms with Crippen LogP contribution in [0.1, 0.15) is 36.2 Å². The molecule has 1 atom stereocenters. The zero-order valence-electron chi connectivity index (χ0n) is 15.5. The van der Waals surface area contributed by atoms with Gasteiger partial charge in [0.2, 0.25) is 5.89 Å². The van der Waals surface area contributed by atoms with Crippen molar-refractivity contribution < 1.29 is 4.42 Å². The molecule has 1 aliphatic heterocycles. The largest absolute Gasteiger partial charge is 0.444 e. The van der Waals surface area contributed by atoms with Crippen molar-refractivity contribution >= 4 is 5.96 Å². The molecule has 3 aromatic rings. The van der Waals surface area contributed by atoms with Crippen LogP contribution < -0.4 is 10.6 Å². The van der Waals surface area contributed by atoms with E-state index in [1.54, 1.807) is 13.3 Å². The molecule has 1 unspecified atom stereocenters. The van der Waals surface area contributed by atoms with Crippen molar-refractivity contribution in [1.29, 1.82) is 0 Å². The minimum atomic E-state index is 0.100. The third kappa shape index (κ3) is 3.84. The first kappa shape index (κ1) is 17.3. The van der Waals surface area contributed by atoms with Crippen LogP contribution in [-0.2, 0) is 13.1 Å². The van der Waals surface area contributed by atoms with Crippen molar-refractivity contribution in [1.82, 2.24) is 30.4 Å². The van der Waals surface area contributed by atoms with Gasteiger partial charge in [-0.1, -0.05) is 18.2 Å². The van der Waals surface area contributed by atoms with E-state index in [-0.39, 0.29) is 6.04 Å². The van der Waals surface area contributed by atoms with Crippen LogP contribution in [0.4, 0.5) is 0 Å². The highest BCUT2D eigenvalue weighted by Crippen LogP contribution is 2.23. The van der Waals surface area contributed by atoms with Crippen LogP contribution in [0.25, 0.3) is 11.5 Å². The van der Waals surface area contributed by atoms with Gasteiger partial charge in [-0.2, -0.15) is 5.10 Å². The number of nitrogens with one attached hydrogen (secondary N) is 2. The number of benzene rings is 1. The summed E-state index contributed by atoms with van der Waals surface area (Å²) >= 11 is 0. The van der Waals surface area contributed by atoms with Gasteiger partial charge in [-0.25, -0.2) is 14.6 Å². The minimum absolute atomic E-state index is 0.100. The molecule has 140 valence electrons. The zero-order chi connectivity index (χ0) is 18.6. The summed E-state index contributed by atoms with van der Waals surface area (Å²) in [5.41, 5.74) is 1.78. The molecule has 2 N–H and O–H groups in total. The summed E-state index contributed by atoms with van der Waals surface area (Å²) in [5.74, 6) is 3.09. The molecule has 0 spiro atoms. The molecule has 27 heavy (non-hydrogen) atoms. The van der Waals surface area contributed by atoms with E-state index in [0.717, 1.165) is 42.3 Å². The lowest BCUT2D eigenvalue weighted by Gasteiger charge is -2.24. The normalized spacial score (nSPS) is 16.8. The van der Waals surface area contributed by atoms with Crippen molar-refractivity contribution in [2.75, 3.05) is 7.05 Å². The van der Waals surface area contributed by atoms with E-state index in [4.69, 9.17) is 4.42 Å². The number of aliphatic imine (C=N–C) groups is 1. The Hall–Kier alpha value is -3.16. The van der Waals surface area contributed by atoms with E-state index in [1.165, 1.54) is 0 Å². The fourth-order valence-electron chi connectivity index (χ4n) is 3.24. The summed E-state index contributed by atoms with van der Waals surface area (Å²) in [7, 11) is 1.76. The Bertz CT molecular complexity index is 929. The van der Waals surface area contributed by atoms with E-state index in [2.05, 4.69) is 30.7 Å². The summed E-state index contributed by atoms with van der Waals surface area (Å²) in [6.45, 7) is 3.36. The van der Waals surface area contributed by atoms with Gasteiger partial charge in [-0.3, -0.25) is 4.99 Å². The van der Waals surface area contributed by atoms with Crippen molar-refractivity contribution in [3.8, 4) is 11.5 Å². The smallest absolute Gasteiger partial charge is 0.226 e. The molecule has 0 fully saturated rings. The first-order valence-corrected chi connectivity index (χ1v) is 9.11. The second kappa shape index (κ2) is 7.61. The number of rotatable bonds is 4. The van der Waals surface area contributed by atoms with Crippen LogP contribution in [0, 0.1) is 6.92 Å². The van der Waals surface area contributed by atoms with Crippen molar-refractivity contribution in [2.24, 2.45) is 4.99 Å². The molecule has 0 bridgehead atoms. The van der Waals surface area contributed by atoms with Crippen LogP contribution in [-0.4, -0.2) is 32.8 Å². The summed E-state index contributed by atoms with van der Waals surface area (Å²) in [5, 5.41) is 11.2. The summed E-state index contributed by atoms with van der Waals surface area (Å²) in [6, 6.07) is 9.96. The Morgan fingerprint density at radius 2 is 2.15 bits per heavy atom. The highest BCUT2D eigenvalue weighted by molar-refractivity contribution is 5.80. The van der Waals surface area contributed by atoms with Gasteiger partial charge in [0, 0.05) is 19.2 Å². The number of hydrogen-bond acceptors (Lipinski definition) is 5. The SMILES string of the molecule is CN=C(NCc1coc(-c2ccccc2)n1)NC1CCCn2nc(C)nc21. The van der Waals surface area contributed by atoms with Gasteiger partial charge in [0.15, 0.2) is 5.96 Å². The topological polar surface area (TPSA) is 93.2 Å². The monoisotopic (exact) mass is 365 g/mol. The molecule has 0 amide bonds. The molecule has 4 rings (SSSR count). The predicted octanol–water partition coefficient (Wildman–Crippen LogP) is 2.44. The number of nitrogens with zero attached hydrogens (tertiary/aromatic N) is 5. The number of fused-ring (bicyclic) bond motifs is 1. The molecule has 0 saturated heterocycles. The lowest BCUT2D eigenvalue weighted by atomic mass is 10.1. The average Bonchev–Trinajstić information content (AvgIpc) is 3.32. The maximum atomic E-state index is 5.58. The molecular weight excluding hydrogens is 342 g/mol. The van der Waals surface area contributed by atoms with E-state index in [0.29, 0.717) is 18.4 Å². The van der Waals surface area contributed by atoms with Crippen molar-refractivity contribution in [2.45, 2.75) is 38.9 Å². The molecule has 0 radical (unpaired) electrons. The van der Waals surface area contributed by atoms with Crippen LogP contribution in [0.3, 0.4) is 0 Å². The minimum Gasteiger partial charge on any atom is -0.444 e. The molecule has 1 aromatic carbocycles. The number of guanidine groups is 1. The maximum absolute atomic E-state index is 5.58. The number of aromatic nitrogens is 4. The standard InChI is InChI=1S/C19H23N7O/c1-13-22-17-16(9-6-10-26(17)25-13)24-19(20-2)21-11-15-12-27-18(23-15)14-7-4-3-5-8-14/h3-5,7-8,12,16H,6,9-11H2,1-2H3,(H2,20,21,24). The summed E-state index contributed by atoms with van der Waals surface area (Å²) in [6.07, 6.45) is 3.73. The number of oxazole rings is 1. The fraction of sp³-hybridized carbons (Fsp3) is 0.368. The molecule has 0 aliphatic carbocycles. The van der Waals surface area contributed by atoms with E-state index in [1.807, 2.05) is 41.9 Å². The Labute approximate surface area is 157 Å². The molecule has 1 aliphatic rings. The van der Waals surface area contributed by atoms with Gasteiger partial charge in [0.25, 0.3) is 0 Å². The highest BCUT2D eigenvalue weighted by Gasteiger charge is 2.24. The quantitative estimate of drug-likeness (QED) is 0.545. The Kier molecular flexibility index (Phi) is 4.86. The fourth-order valence-corrected chi connectivity index (χ4v) is 3.24. The molecular formula is C19H23N7O. The highest BCUT2D eigenvalue weighted by atomic mass is 16.3. The van der Waals surface area contributed by atoms with Gasteiger partial charge in [0.05, 0.1) is 18.3 Å². The Morgan fingerprint density at radius 3 is 2.96 bits per heavy atom. The van der Waals surface area contributed by atoms with E-state index in [9.17, 15) is 0 Å². The van der Waals surface area contributed by atoms with Gasteiger partial charge in [-0.05, 0) is 31.9 Å². The van der Waals surface area contributed by atoms with Crippen LogP contribution >= 0.6 is 0 Å². The number of aryl methyl sites for hydroxylation is 2. The lowest BCUT2D eigenvalue weighted by molar-refractivity contribution is 0.397. The van der Waals surface area contributed by atoms with E-state index >= 15 is 0 Å². The van der Waals surface area contributed by atoms with Gasteiger partial charge >= 0.3 is 0 Å². The Morgan fingerprint density at radius 1 is 1.30 bits per heavy atom. The second-order valence-corrected chi connectivity index (χ2v) is 6.52. The summed E-state index contributed by atoms with van der Waals surface area (Å²) < 4.78 is 7.56. The average molecular weight is 365 g/mol. The van der Waals surface area contributed by atoms with E-state index < -0.39 is 0 Å². The molecule has 2 aromatic heterocycles. The van der Waals surface area contributed by atoms with Gasteiger partial charge in [0.1, 0.15) is 17.9 Å². The third-order valence-electron chi connectivity index (χ3n) is 4.52. The lowest BCUT2D eigenvalue weighted by Crippen LogP contribution is -2.41. The molecule has 3 heterocycles. The number of hydrogen-bond donors (Lipinski definition) is 2. The first-order valence-electron chi connectivity index (χ1n) is 9.11. The molecule has 8 nitrogen and oxygen atoms in total. The Balaban J connectivity index is 1.39. The zero-order valence-corrected chi connectivity index (χ0v) is 15.5. The van der Waals surface area contributed by atoms with Crippen molar-refractivity contribution in [3.63, 3.8) is 0 Å². The third-order valence-corrected chi connectivity index (χ3v) is 4.52. The maximum Gasteiger partial charge on any atom is 0.226 e. The van der Waals surface area contributed by atoms with Crippen LogP contribution in [0.15, 0.2) is 46.0 Å². The van der Waals surface area contributed by atoms with Crippen molar-refractivity contribution in [3.05, 3.63) is 53.9 Å².